The van der Waals surface area contributed by atoms with Crippen LogP contribution in [0, 0.1) is 0 Å². The molecule has 0 amide bonds. The molecule has 2 N–H and O–H groups in total. The first-order chi connectivity index (χ1) is 10.6. The Kier molecular flexibility index (Phi) is 5.37. The maximum absolute atomic E-state index is 10.8. The molecular formula is C19H21ClN2O. The van der Waals surface area contributed by atoms with E-state index in [2.05, 4.69) is 29.3 Å². The van der Waals surface area contributed by atoms with Gasteiger partial charge in [-0.05, 0) is 30.5 Å². The van der Waals surface area contributed by atoms with Gasteiger partial charge in [-0.1, -0.05) is 54.6 Å². The Morgan fingerprint density at radius 3 is 2.13 bits per heavy atom. The Hall–Kier alpha value is -1.94. The molecule has 0 aliphatic carbocycles. The van der Waals surface area contributed by atoms with Gasteiger partial charge in [0.2, 0.25) is 0 Å². The molecule has 1 aliphatic heterocycles. The third-order valence-electron chi connectivity index (χ3n) is 4.31. The average molecular weight is 329 g/mol. The molecule has 23 heavy (non-hydrogen) atoms. The van der Waals surface area contributed by atoms with Crippen molar-refractivity contribution in [3.8, 4) is 11.1 Å². The van der Waals surface area contributed by atoms with Crippen molar-refractivity contribution in [1.82, 2.24) is 0 Å². The van der Waals surface area contributed by atoms with Crippen molar-refractivity contribution in [3.05, 3.63) is 72.6 Å². The Balaban J connectivity index is 0.00000192. The van der Waals surface area contributed by atoms with Crippen molar-refractivity contribution in [1.29, 1.82) is 0 Å². The van der Waals surface area contributed by atoms with E-state index in [1.54, 1.807) is 6.20 Å². The second-order valence-electron chi connectivity index (χ2n) is 6.16. The van der Waals surface area contributed by atoms with Crippen LogP contribution in [0.25, 0.3) is 11.1 Å². The summed E-state index contributed by atoms with van der Waals surface area (Å²) in [7, 11) is 0. The average Bonchev–Trinajstić information content (AvgIpc) is 3.10. The highest BCUT2D eigenvalue weighted by atomic mass is 35.5. The number of aliphatic imine (C=N–C) groups is 1. The molecule has 0 radical (unpaired) electrons. The van der Waals surface area contributed by atoms with Crippen LogP contribution in [0.15, 0.2) is 72.0 Å². The summed E-state index contributed by atoms with van der Waals surface area (Å²) in [5, 5.41) is 10.8. The Labute approximate surface area is 143 Å². The highest BCUT2D eigenvalue weighted by Crippen LogP contribution is 2.26. The first-order valence-electron chi connectivity index (χ1n) is 7.49. The van der Waals surface area contributed by atoms with Crippen molar-refractivity contribution in [3.63, 3.8) is 0 Å². The van der Waals surface area contributed by atoms with Crippen molar-refractivity contribution in [2.24, 2.45) is 4.99 Å². The number of benzene rings is 2. The lowest BCUT2D eigenvalue weighted by Crippen LogP contribution is -3.14. The van der Waals surface area contributed by atoms with Crippen LogP contribution in [-0.4, -0.2) is 17.0 Å². The fourth-order valence-electron chi connectivity index (χ4n) is 2.73. The molecule has 120 valence electrons. The van der Waals surface area contributed by atoms with Crippen molar-refractivity contribution in [2.75, 3.05) is 0 Å². The third kappa shape index (κ3) is 3.53. The molecule has 3 nitrogen and oxygen atoms in total. The highest BCUT2D eigenvalue weighted by Gasteiger charge is 2.38. The van der Waals surface area contributed by atoms with Gasteiger partial charge in [0.15, 0.2) is 6.34 Å². The topological polar surface area (TPSA) is 37.0 Å². The summed E-state index contributed by atoms with van der Waals surface area (Å²) in [6.07, 6.45) is 4.98. The predicted octanol–water partition coefficient (Wildman–Crippen LogP) is -0.432. The molecule has 0 bridgehead atoms. The molecular weight excluding hydrogens is 308 g/mol. The minimum Gasteiger partial charge on any atom is -1.00 e. The molecule has 3 rings (SSSR count). The minimum absolute atomic E-state index is 0. The molecule has 2 atom stereocenters. The van der Waals surface area contributed by atoms with E-state index < -0.39 is 6.10 Å². The molecule has 2 aromatic carbocycles. The summed E-state index contributed by atoms with van der Waals surface area (Å²) in [4.78, 5) is 5.16. The lowest BCUT2D eigenvalue weighted by Gasteiger charge is -2.32. The van der Waals surface area contributed by atoms with Crippen LogP contribution in [0.1, 0.15) is 25.5 Å². The van der Waals surface area contributed by atoms with Crippen LogP contribution in [0.5, 0.6) is 0 Å². The first kappa shape index (κ1) is 17.4. The van der Waals surface area contributed by atoms with Gasteiger partial charge < -0.3 is 17.5 Å². The summed E-state index contributed by atoms with van der Waals surface area (Å²) >= 11 is 0. The van der Waals surface area contributed by atoms with Crippen molar-refractivity contribution < 1.29 is 22.4 Å². The van der Waals surface area contributed by atoms with Crippen LogP contribution in [0.4, 0.5) is 0 Å². The van der Waals surface area contributed by atoms with Crippen molar-refractivity contribution >= 4 is 6.34 Å². The van der Waals surface area contributed by atoms with Crippen molar-refractivity contribution in [2.45, 2.75) is 25.5 Å². The maximum atomic E-state index is 10.8. The summed E-state index contributed by atoms with van der Waals surface area (Å²) in [5.41, 5.74) is 2.89. The van der Waals surface area contributed by atoms with Crippen LogP contribution < -0.4 is 17.3 Å². The van der Waals surface area contributed by atoms with Gasteiger partial charge in [-0.3, -0.25) is 4.90 Å². The number of nitrogens with zero attached hydrogens (tertiary/aromatic N) is 1. The second kappa shape index (κ2) is 7.09. The molecule has 0 saturated heterocycles. The SMILES string of the molecule is CC(C)(C(O)c1ccc(-c2ccccc2)cc1)[NH+]1C=CN=C1.[Cl-]. The van der Waals surface area contributed by atoms with E-state index in [0.29, 0.717) is 0 Å². The fraction of sp³-hybridized carbons (Fsp3) is 0.211. The minimum atomic E-state index is -0.568. The van der Waals surface area contributed by atoms with E-state index in [4.69, 9.17) is 0 Å². The van der Waals surface area contributed by atoms with Gasteiger partial charge in [-0.25, -0.2) is 4.99 Å². The zero-order valence-corrected chi connectivity index (χ0v) is 14.0. The van der Waals surface area contributed by atoms with Gasteiger partial charge >= 0.3 is 0 Å². The van der Waals surface area contributed by atoms with E-state index in [-0.39, 0.29) is 17.9 Å². The fourth-order valence-corrected chi connectivity index (χ4v) is 2.73. The van der Waals surface area contributed by atoms with E-state index in [9.17, 15) is 5.11 Å². The molecule has 0 fully saturated rings. The Morgan fingerprint density at radius 2 is 1.57 bits per heavy atom. The highest BCUT2D eigenvalue weighted by molar-refractivity contribution is 5.63. The molecule has 1 heterocycles. The van der Waals surface area contributed by atoms with Gasteiger partial charge in [-0.2, -0.15) is 0 Å². The monoisotopic (exact) mass is 328 g/mol. The summed E-state index contributed by atoms with van der Waals surface area (Å²) in [6.45, 7) is 4.08. The van der Waals surface area contributed by atoms with Gasteiger partial charge in [-0.15, -0.1) is 0 Å². The van der Waals surface area contributed by atoms with Gasteiger partial charge in [0.1, 0.15) is 17.8 Å². The lowest BCUT2D eigenvalue weighted by molar-refractivity contribution is -0.806. The number of quaternary nitrogens is 1. The van der Waals surface area contributed by atoms with E-state index in [1.807, 2.05) is 56.7 Å². The number of halogens is 1. The Bertz CT molecular complexity index is 681. The molecule has 0 aromatic heterocycles. The normalized spacial score (nSPS) is 17.8. The number of aliphatic hydroxyl groups is 1. The molecule has 2 unspecified atom stereocenters. The quantitative estimate of drug-likeness (QED) is 0.785. The van der Waals surface area contributed by atoms with E-state index >= 15 is 0 Å². The summed E-state index contributed by atoms with van der Waals surface area (Å²) < 4.78 is 0. The summed E-state index contributed by atoms with van der Waals surface area (Å²) in [6, 6.07) is 18.4. The Morgan fingerprint density at radius 1 is 0.957 bits per heavy atom. The van der Waals surface area contributed by atoms with Crippen LogP contribution in [-0.2, 0) is 0 Å². The number of nitrogens with one attached hydrogen (secondary N) is 1. The first-order valence-corrected chi connectivity index (χ1v) is 7.49. The van der Waals surface area contributed by atoms with E-state index in [0.717, 1.165) is 16.0 Å². The summed E-state index contributed by atoms with van der Waals surface area (Å²) in [5.74, 6) is 0. The molecule has 1 aliphatic rings. The lowest BCUT2D eigenvalue weighted by atomic mass is 9.89. The largest absolute Gasteiger partial charge is 1.00 e. The molecule has 2 aromatic rings. The molecule has 0 spiro atoms. The molecule has 4 heteroatoms. The third-order valence-corrected chi connectivity index (χ3v) is 4.31. The van der Waals surface area contributed by atoms with Crippen LogP contribution >= 0.6 is 0 Å². The standard InChI is InChI=1S/C19H20N2O.ClH/c1-19(2,21-13-12-20-14-21)18(22)17-10-8-16(9-11-17)15-6-4-3-5-7-15;/h3-14,18,22H,1-2H3;1H. The smallest absolute Gasteiger partial charge is 0.193 e. The maximum Gasteiger partial charge on any atom is 0.193 e. The molecule has 0 saturated carbocycles. The zero-order chi connectivity index (χ0) is 15.6. The predicted molar refractivity (Wildman–Crippen MR) is 89.5 cm³/mol. The van der Waals surface area contributed by atoms with Crippen LogP contribution in [0.2, 0.25) is 0 Å². The number of rotatable bonds is 4. The number of hydrogen-bond donors (Lipinski definition) is 2. The van der Waals surface area contributed by atoms with Gasteiger partial charge in [0.05, 0.1) is 6.20 Å². The van der Waals surface area contributed by atoms with E-state index in [1.165, 1.54) is 5.56 Å². The van der Waals surface area contributed by atoms with Gasteiger partial charge in [0.25, 0.3) is 0 Å². The zero-order valence-electron chi connectivity index (χ0n) is 13.3. The van der Waals surface area contributed by atoms with Gasteiger partial charge in [0, 0.05) is 0 Å². The number of aliphatic hydroxyl groups excluding tert-OH is 1. The number of hydrogen-bond acceptors (Lipinski definition) is 2. The van der Waals surface area contributed by atoms with Crippen LogP contribution in [0.3, 0.4) is 0 Å². The second-order valence-corrected chi connectivity index (χ2v) is 6.16.